The number of amides is 3. The van der Waals surface area contributed by atoms with Crippen molar-refractivity contribution in [1.29, 1.82) is 0 Å². The number of thioether (sulfide) groups is 1. The number of hydrogen-bond acceptors (Lipinski definition) is 5. The molecular formula is C26H33N5O2S. The number of imide groups is 1. The summed E-state index contributed by atoms with van der Waals surface area (Å²) < 4.78 is 2.14. The van der Waals surface area contributed by atoms with Gasteiger partial charge in [0.25, 0.3) is 0 Å². The summed E-state index contributed by atoms with van der Waals surface area (Å²) in [6.45, 7) is 2.51. The molecule has 0 saturated heterocycles. The molecule has 2 N–H and O–H groups in total. The van der Waals surface area contributed by atoms with E-state index in [0.717, 1.165) is 60.8 Å². The summed E-state index contributed by atoms with van der Waals surface area (Å²) in [4.78, 5) is 25.7. The largest absolute Gasteiger partial charge is 0.332 e. The van der Waals surface area contributed by atoms with Crippen molar-refractivity contribution in [2.24, 2.45) is 17.8 Å². The second-order valence-electron chi connectivity index (χ2n) is 11.1. The van der Waals surface area contributed by atoms with Crippen LogP contribution in [0.2, 0.25) is 0 Å². The molecule has 1 aromatic heterocycles. The fourth-order valence-electron chi connectivity index (χ4n) is 6.91. The van der Waals surface area contributed by atoms with Gasteiger partial charge in [-0.3, -0.25) is 10.1 Å². The molecule has 0 radical (unpaired) electrons. The fourth-order valence-corrected chi connectivity index (χ4v) is 7.76. The van der Waals surface area contributed by atoms with Crippen LogP contribution in [0.4, 0.5) is 4.79 Å². The third-order valence-corrected chi connectivity index (χ3v) is 9.26. The first-order valence-electron chi connectivity index (χ1n) is 12.7. The number of aromatic nitrogens is 3. The summed E-state index contributed by atoms with van der Waals surface area (Å²) in [7, 11) is 0. The lowest BCUT2D eigenvalue weighted by Crippen LogP contribution is -2.62. The van der Waals surface area contributed by atoms with Crippen molar-refractivity contribution < 1.29 is 9.59 Å². The van der Waals surface area contributed by atoms with Gasteiger partial charge in [0.05, 0.1) is 11.8 Å². The monoisotopic (exact) mass is 479 g/mol. The van der Waals surface area contributed by atoms with Gasteiger partial charge < -0.3 is 9.88 Å². The molecule has 7 nitrogen and oxygen atoms in total. The van der Waals surface area contributed by atoms with Gasteiger partial charge in [0.15, 0.2) is 5.16 Å². The van der Waals surface area contributed by atoms with E-state index in [1.807, 2.05) is 25.1 Å². The number of rotatable bonds is 7. The minimum Gasteiger partial charge on any atom is -0.332 e. The van der Waals surface area contributed by atoms with E-state index in [1.165, 1.54) is 36.6 Å². The molecule has 3 amide bonds. The van der Waals surface area contributed by atoms with E-state index in [1.54, 1.807) is 0 Å². The average molecular weight is 480 g/mol. The van der Waals surface area contributed by atoms with Crippen molar-refractivity contribution in [3.05, 3.63) is 41.7 Å². The SMILES string of the molecule is CC(Sc1nnc(C2CC2)n1Cc1ccccc1)C(=O)NC(=O)NC12CC3CC(CC(C3)C1)C2. The fraction of sp³-hybridized carbons (Fsp3) is 0.615. The van der Waals surface area contributed by atoms with Crippen LogP contribution >= 0.6 is 11.8 Å². The summed E-state index contributed by atoms with van der Waals surface area (Å²) >= 11 is 1.37. The summed E-state index contributed by atoms with van der Waals surface area (Å²) in [5.41, 5.74) is 1.07. The minimum atomic E-state index is -0.451. The van der Waals surface area contributed by atoms with Gasteiger partial charge in [-0.2, -0.15) is 0 Å². The van der Waals surface area contributed by atoms with E-state index in [2.05, 4.69) is 37.5 Å². The Morgan fingerprint density at radius 3 is 2.32 bits per heavy atom. The summed E-state index contributed by atoms with van der Waals surface area (Å²) in [5, 5.41) is 15.0. The third-order valence-electron chi connectivity index (χ3n) is 8.18. The number of nitrogens with zero attached hydrogens (tertiary/aromatic N) is 3. The highest BCUT2D eigenvalue weighted by Crippen LogP contribution is 2.55. The highest BCUT2D eigenvalue weighted by molar-refractivity contribution is 8.00. The molecule has 1 unspecified atom stereocenters. The Labute approximate surface area is 204 Å². The van der Waals surface area contributed by atoms with Crippen LogP contribution < -0.4 is 10.6 Å². The number of hydrogen-bond donors (Lipinski definition) is 2. The lowest BCUT2D eigenvalue weighted by molar-refractivity contribution is -0.119. The van der Waals surface area contributed by atoms with Crippen molar-refractivity contribution in [1.82, 2.24) is 25.4 Å². The first-order chi connectivity index (χ1) is 16.5. The first kappa shape index (κ1) is 22.1. The Balaban J connectivity index is 1.09. The zero-order valence-corrected chi connectivity index (χ0v) is 20.5. The molecule has 180 valence electrons. The molecular weight excluding hydrogens is 446 g/mol. The van der Waals surface area contributed by atoms with Crippen LogP contribution in [0.15, 0.2) is 35.5 Å². The Morgan fingerprint density at radius 2 is 1.71 bits per heavy atom. The molecule has 5 aliphatic rings. The summed E-state index contributed by atoms with van der Waals surface area (Å²) in [5.74, 6) is 3.41. The Bertz CT molecular complexity index is 1040. The van der Waals surface area contributed by atoms with Crippen LogP contribution in [0.3, 0.4) is 0 Å². The quantitative estimate of drug-likeness (QED) is 0.572. The van der Waals surface area contributed by atoms with Crippen LogP contribution in [0, 0.1) is 17.8 Å². The van der Waals surface area contributed by atoms with Gasteiger partial charge in [0.2, 0.25) is 5.91 Å². The maximum Gasteiger partial charge on any atom is 0.321 e. The van der Waals surface area contributed by atoms with Gasteiger partial charge in [-0.25, -0.2) is 4.79 Å². The molecule has 8 heteroatoms. The second kappa shape index (κ2) is 8.70. The molecule has 1 atom stereocenters. The van der Waals surface area contributed by atoms with Crippen LogP contribution in [0.5, 0.6) is 0 Å². The van der Waals surface area contributed by atoms with E-state index in [9.17, 15) is 9.59 Å². The second-order valence-corrected chi connectivity index (χ2v) is 12.4. The highest BCUT2D eigenvalue weighted by atomic mass is 32.2. The summed E-state index contributed by atoms with van der Waals surface area (Å²) in [6.07, 6.45) is 9.44. The van der Waals surface area contributed by atoms with Crippen LogP contribution in [-0.2, 0) is 11.3 Å². The Morgan fingerprint density at radius 1 is 1.06 bits per heavy atom. The standard InChI is InChI=1S/C26H33N5O2S/c1-16(23(32)27-24(33)28-26-12-18-9-19(13-26)11-20(10-18)14-26)34-25-30-29-22(21-7-8-21)31(25)15-17-5-3-2-4-6-17/h2-6,16,18-21H,7-15H2,1H3,(H2,27,28,32,33). The van der Waals surface area contributed by atoms with Gasteiger partial charge in [-0.1, -0.05) is 42.1 Å². The number of carbonyl (C=O) groups is 2. The summed E-state index contributed by atoms with van der Waals surface area (Å²) in [6, 6.07) is 9.91. The maximum absolute atomic E-state index is 12.9. The van der Waals surface area contributed by atoms with Crippen LogP contribution in [-0.4, -0.2) is 37.5 Å². The Kier molecular flexibility index (Phi) is 5.66. The number of carbonyl (C=O) groups excluding carboxylic acids is 2. The van der Waals surface area contributed by atoms with E-state index < -0.39 is 5.25 Å². The molecule has 5 fully saturated rings. The van der Waals surface area contributed by atoms with Crippen LogP contribution in [0.25, 0.3) is 0 Å². The van der Waals surface area contributed by atoms with Gasteiger partial charge in [0, 0.05) is 11.5 Å². The molecule has 5 saturated carbocycles. The lowest BCUT2D eigenvalue weighted by Gasteiger charge is -2.56. The van der Waals surface area contributed by atoms with Crippen molar-refractivity contribution in [3.63, 3.8) is 0 Å². The van der Waals surface area contributed by atoms with E-state index in [0.29, 0.717) is 12.5 Å². The van der Waals surface area contributed by atoms with Crippen molar-refractivity contribution in [2.45, 2.75) is 86.7 Å². The smallest absolute Gasteiger partial charge is 0.321 e. The lowest BCUT2D eigenvalue weighted by atomic mass is 9.53. The average Bonchev–Trinajstić information content (AvgIpc) is 3.56. The molecule has 0 aliphatic heterocycles. The number of nitrogens with one attached hydrogen (secondary N) is 2. The van der Waals surface area contributed by atoms with Gasteiger partial charge in [-0.15, -0.1) is 10.2 Å². The van der Waals surface area contributed by atoms with E-state index >= 15 is 0 Å². The maximum atomic E-state index is 12.9. The predicted octanol–water partition coefficient (Wildman–Crippen LogP) is 4.48. The number of urea groups is 1. The van der Waals surface area contributed by atoms with Gasteiger partial charge in [0.1, 0.15) is 5.82 Å². The molecule has 2 aromatic rings. The first-order valence-corrected chi connectivity index (χ1v) is 13.6. The Hall–Kier alpha value is -2.35. The van der Waals surface area contributed by atoms with Crippen LogP contribution in [0.1, 0.15) is 75.6 Å². The molecule has 4 bridgehead atoms. The van der Waals surface area contributed by atoms with Gasteiger partial charge in [-0.05, 0) is 81.6 Å². The topological polar surface area (TPSA) is 88.9 Å². The predicted molar refractivity (Wildman–Crippen MR) is 130 cm³/mol. The third kappa shape index (κ3) is 4.49. The zero-order valence-electron chi connectivity index (χ0n) is 19.7. The molecule has 34 heavy (non-hydrogen) atoms. The number of benzene rings is 1. The minimum absolute atomic E-state index is 0.107. The van der Waals surface area contributed by atoms with Gasteiger partial charge >= 0.3 is 6.03 Å². The molecule has 1 heterocycles. The van der Waals surface area contributed by atoms with Crippen molar-refractivity contribution >= 4 is 23.7 Å². The molecule has 0 spiro atoms. The van der Waals surface area contributed by atoms with Crippen molar-refractivity contribution in [3.8, 4) is 0 Å². The normalized spacial score (nSPS) is 30.2. The zero-order chi connectivity index (χ0) is 23.3. The van der Waals surface area contributed by atoms with E-state index in [-0.39, 0.29) is 17.5 Å². The molecule has 5 aliphatic carbocycles. The van der Waals surface area contributed by atoms with E-state index in [4.69, 9.17) is 0 Å². The molecule has 7 rings (SSSR count). The van der Waals surface area contributed by atoms with Crippen molar-refractivity contribution in [2.75, 3.05) is 0 Å². The molecule has 1 aromatic carbocycles. The highest BCUT2D eigenvalue weighted by Gasteiger charge is 2.51.